The fraction of sp³-hybridized carbons (Fsp3) is 0.696. The van der Waals surface area contributed by atoms with Crippen LogP contribution in [-0.2, 0) is 28.6 Å². The lowest BCUT2D eigenvalue weighted by Gasteiger charge is -2.31. The zero-order valence-corrected chi connectivity index (χ0v) is 41.7. The van der Waals surface area contributed by atoms with Crippen molar-refractivity contribution in [2.24, 2.45) is 0 Å². The first-order valence-corrected chi connectivity index (χ1v) is 25.6. The summed E-state index contributed by atoms with van der Waals surface area (Å²) in [7, 11) is 5.53. The first kappa shape index (κ1) is 60.5. The topological polar surface area (TPSA) is 99.1 Å². The molecule has 0 aromatic carbocycles. The van der Waals surface area contributed by atoms with Gasteiger partial charge >= 0.3 is 17.9 Å². The molecule has 0 fully saturated rings. The van der Waals surface area contributed by atoms with E-state index < -0.39 is 18.1 Å². The Labute approximate surface area is 393 Å². The van der Waals surface area contributed by atoms with E-state index in [-0.39, 0.29) is 36.2 Å². The number of nitrogens with zero attached hydrogens (tertiary/aromatic N) is 1. The van der Waals surface area contributed by atoms with Crippen LogP contribution in [0.15, 0.2) is 85.1 Å². The van der Waals surface area contributed by atoms with Gasteiger partial charge in [0, 0.05) is 19.3 Å². The maximum atomic E-state index is 12.8. The Morgan fingerprint density at radius 2 is 0.828 bits per heavy atom. The molecule has 366 valence electrons. The monoisotopic (exact) mass is 895 g/mol. The number of hydrogen-bond donors (Lipinski definition) is 1. The number of quaternary nitrogens is 1. The van der Waals surface area contributed by atoms with E-state index in [1.807, 2.05) is 21.1 Å². The largest absolute Gasteiger partial charge is 0.477 e. The van der Waals surface area contributed by atoms with Gasteiger partial charge in [0.25, 0.3) is 0 Å². The van der Waals surface area contributed by atoms with Crippen molar-refractivity contribution in [3.63, 3.8) is 0 Å². The summed E-state index contributed by atoms with van der Waals surface area (Å²) in [5.74, 6) is -1.49. The van der Waals surface area contributed by atoms with Gasteiger partial charge in [0.2, 0.25) is 0 Å². The van der Waals surface area contributed by atoms with Crippen molar-refractivity contribution in [1.82, 2.24) is 0 Å². The lowest BCUT2D eigenvalue weighted by atomic mass is 10.0. The highest BCUT2D eigenvalue weighted by atomic mass is 16.6. The van der Waals surface area contributed by atoms with Crippen LogP contribution in [0.5, 0.6) is 0 Å². The van der Waals surface area contributed by atoms with Gasteiger partial charge in [0.15, 0.2) is 12.1 Å². The van der Waals surface area contributed by atoms with Crippen LogP contribution in [-0.4, -0.2) is 80.6 Å². The minimum Gasteiger partial charge on any atom is -0.477 e. The number of likely N-dealkylation sites (N-methyl/N-ethyl adjacent to an activating group) is 1. The van der Waals surface area contributed by atoms with E-state index in [1.165, 1.54) is 77.0 Å². The van der Waals surface area contributed by atoms with Crippen molar-refractivity contribution < 1.29 is 38.2 Å². The SMILES string of the molecule is CC/C=C/C/C=C/C/C=C/C/C=C/CCCCCCCCCC(=O)OCC(COCCC(C(=O)O)[N+](C)(C)C)OC(=O)CCCCCCCCCCCC/C=C/C/C=C/C/C=C/CC. The van der Waals surface area contributed by atoms with Crippen LogP contribution in [0.25, 0.3) is 0 Å². The Balaban J connectivity index is 4.28. The Bertz CT molecular complexity index is 1320. The average Bonchev–Trinajstić information content (AvgIpc) is 3.26. The number of carbonyl (C=O) groups excluding carboxylic acids is 2. The van der Waals surface area contributed by atoms with Crippen LogP contribution in [0.1, 0.15) is 200 Å². The van der Waals surface area contributed by atoms with Crippen LogP contribution in [0.2, 0.25) is 0 Å². The number of allylic oxidation sites excluding steroid dienone is 14. The lowest BCUT2D eigenvalue weighted by molar-refractivity contribution is -0.887. The molecule has 0 amide bonds. The molecule has 0 aromatic rings. The smallest absolute Gasteiger partial charge is 0.362 e. The molecule has 0 aliphatic carbocycles. The maximum Gasteiger partial charge on any atom is 0.362 e. The van der Waals surface area contributed by atoms with Crippen molar-refractivity contribution in [1.29, 1.82) is 0 Å². The molecule has 2 atom stereocenters. The summed E-state index contributed by atoms with van der Waals surface area (Å²) in [5, 5.41) is 9.66. The molecule has 0 bridgehead atoms. The van der Waals surface area contributed by atoms with Gasteiger partial charge in [-0.2, -0.15) is 0 Å². The van der Waals surface area contributed by atoms with E-state index in [0.29, 0.717) is 19.3 Å². The minimum absolute atomic E-state index is 0.0521. The molecule has 8 nitrogen and oxygen atoms in total. The number of carbonyl (C=O) groups is 3. The first-order chi connectivity index (χ1) is 31.1. The molecule has 0 aliphatic heterocycles. The second-order valence-corrected chi connectivity index (χ2v) is 18.0. The number of ether oxygens (including phenoxy) is 3. The van der Waals surface area contributed by atoms with E-state index in [1.54, 1.807) is 0 Å². The predicted molar refractivity (Wildman–Crippen MR) is 270 cm³/mol. The van der Waals surface area contributed by atoms with Crippen LogP contribution < -0.4 is 0 Å². The first-order valence-electron chi connectivity index (χ1n) is 25.6. The number of hydrogen-bond acceptors (Lipinski definition) is 6. The number of unbranched alkanes of at least 4 members (excludes halogenated alkanes) is 17. The van der Waals surface area contributed by atoms with Gasteiger partial charge in [0.1, 0.15) is 6.61 Å². The van der Waals surface area contributed by atoms with Crippen molar-refractivity contribution in [3.8, 4) is 0 Å². The van der Waals surface area contributed by atoms with Crippen LogP contribution in [0.4, 0.5) is 0 Å². The fourth-order valence-electron chi connectivity index (χ4n) is 7.16. The van der Waals surface area contributed by atoms with Gasteiger partial charge in [-0.05, 0) is 83.5 Å². The molecule has 2 unspecified atom stereocenters. The second-order valence-electron chi connectivity index (χ2n) is 18.0. The van der Waals surface area contributed by atoms with Gasteiger partial charge in [0.05, 0.1) is 34.4 Å². The van der Waals surface area contributed by atoms with Crippen LogP contribution in [0.3, 0.4) is 0 Å². The normalized spacial score (nSPS) is 13.6. The Kier molecular flexibility index (Phi) is 43.5. The summed E-state index contributed by atoms with van der Waals surface area (Å²) in [6.07, 6.45) is 60.6. The van der Waals surface area contributed by atoms with Gasteiger partial charge in [-0.1, -0.05) is 182 Å². The third-order valence-corrected chi connectivity index (χ3v) is 11.0. The maximum absolute atomic E-state index is 12.8. The summed E-state index contributed by atoms with van der Waals surface area (Å²) < 4.78 is 17.4. The molecular weight excluding hydrogens is 799 g/mol. The molecule has 0 aliphatic rings. The Morgan fingerprint density at radius 1 is 0.469 bits per heavy atom. The summed E-state index contributed by atoms with van der Waals surface area (Å²) in [6, 6.07) is -0.622. The summed E-state index contributed by atoms with van der Waals surface area (Å²) in [6.45, 7) is 4.50. The summed E-state index contributed by atoms with van der Waals surface area (Å²) in [4.78, 5) is 37.2. The average molecular weight is 895 g/mol. The van der Waals surface area contributed by atoms with Gasteiger partial charge in [-0.15, -0.1) is 0 Å². The molecule has 0 heterocycles. The van der Waals surface area contributed by atoms with E-state index in [2.05, 4.69) is 98.9 Å². The quantitative estimate of drug-likeness (QED) is 0.0281. The third kappa shape index (κ3) is 43.7. The van der Waals surface area contributed by atoms with Gasteiger partial charge < -0.3 is 23.8 Å². The molecule has 0 spiro atoms. The van der Waals surface area contributed by atoms with Crippen molar-refractivity contribution in [2.45, 2.75) is 212 Å². The Hall–Kier alpha value is -3.49. The summed E-state index contributed by atoms with van der Waals surface area (Å²) >= 11 is 0. The molecule has 0 rings (SSSR count). The zero-order valence-electron chi connectivity index (χ0n) is 41.7. The number of rotatable bonds is 45. The molecule has 0 radical (unpaired) electrons. The fourth-order valence-corrected chi connectivity index (χ4v) is 7.16. The van der Waals surface area contributed by atoms with Crippen molar-refractivity contribution in [2.75, 3.05) is 41.0 Å². The molecular formula is C56H96NO7+. The predicted octanol–water partition coefficient (Wildman–Crippen LogP) is 14.9. The highest BCUT2D eigenvalue weighted by Crippen LogP contribution is 2.15. The minimum atomic E-state index is -0.879. The molecule has 64 heavy (non-hydrogen) atoms. The molecule has 1 N–H and O–H groups in total. The lowest BCUT2D eigenvalue weighted by Crippen LogP contribution is -2.50. The standard InChI is InChI=1S/C56H95NO7/c1-6-8-10-12-14-16-18-20-22-24-26-28-30-32-34-36-38-40-42-44-46-54(58)63-51-52(50-62-49-48-53(56(60)61)57(3,4)5)64-55(59)47-45-43-41-39-37-35-33-31-29-27-25-23-21-19-17-15-13-11-9-7-2/h8-11,14-17,20-23,26,28,52-53H,6-7,12-13,18-19,24-25,27,29-51H2,1-5H3/p+1/b10-8+,11-9+,16-14+,17-15+,22-20+,23-21+,28-26+. The zero-order chi connectivity index (χ0) is 47.0. The van der Waals surface area contributed by atoms with Crippen LogP contribution >= 0.6 is 0 Å². The van der Waals surface area contributed by atoms with Crippen molar-refractivity contribution >= 4 is 17.9 Å². The third-order valence-electron chi connectivity index (χ3n) is 11.0. The van der Waals surface area contributed by atoms with Crippen molar-refractivity contribution in [3.05, 3.63) is 85.1 Å². The van der Waals surface area contributed by atoms with Gasteiger partial charge in [-0.25, -0.2) is 4.79 Å². The molecule has 8 heteroatoms. The molecule has 0 aromatic heterocycles. The number of esters is 2. The number of carboxylic acid groups (broad SMARTS) is 1. The summed E-state index contributed by atoms with van der Waals surface area (Å²) in [5.41, 5.74) is 0. The Morgan fingerprint density at radius 3 is 1.22 bits per heavy atom. The van der Waals surface area contributed by atoms with E-state index in [9.17, 15) is 19.5 Å². The highest BCUT2D eigenvalue weighted by Gasteiger charge is 2.31. The molecule has 0 saturated carbocycles. The number of carboxylic acids is 1. The van der Waals surface area contributed by atoms with Crippen LogP contribution in [0, 0.1) is 0 Å². The van der Waals surface area contributed by atoms with E-state index in [4.69, 9.17) is 14.2 Å². The van der Waals surface area contributed by atoms with E-state index >= 15 is 0 Å². The highest BCUT2D eigenvalue weighted by molar-refractivity contribution is 5.72. The molecule has 0 saturated heterocycles. The van der Waals surface area contributed by atoms with E-state index in [0.717, 1.165) is 89.9 Å². The second kappa shape index (κ2) is 46.1. The number of aliphatic carboxylic acids is 1. The van der Waals surface area contributed by atoms with Gasteiger partial charge in [-0.3, -0.25) is 9.59 Å².